The summed E-state index contributed by atoms with van der Waals surface area (Å²) in [4.78, 5) is 33.4. The van der Waals surface area contributed by atoms with Gasteiger partial charge in [-0.25, -0.2) is 9.37 Å². The highest BCUT2D eigenvalue weighted by molar-refractivity contribution is 7.09. The van der Waals surface area contributed by atoms with Gasteiger partial charge in [-0.05, 0) is 50.1 Å². The van der Waals surface area contributed by atoms with Gasteiger partial charge in [0.05, 0.1) is 17.3 Å². The van der Waals surface area contributed by atoms with Crippen molar-refractivity contribution in [2.24, 2.45) is 0 Å². The van der Waals surface area contributed by atoms with E-state index in [0.717, 1.165) is 17.1 Å². The van der Waals surface area contributed by atoms with E-state index in [1.807, 2.05) is 12.3 Å². The molecule has 11 heteroatoms. The van der Waals surface area contributed by atoms with Crippen molar-refractivity contribution in [3.8, 4) is 0 Å². The second-order valence-electron chi connectivity index (χ2n) is 8.62. The van der Waals surface area contributed by atoms with Gasteiger partial charge in [0.25, 0.3) is 5.91 Å². The highest BCUT2D eigenvalue weighted by atomic mass is 32.1. The highest BCUT2D eigenvalue weighted by Gasteiger charge is 2.29. The smallest absolute Gasteiger partial charge is 0.254 e. The average molecular weight is 522 g/mol. The Morgan fingerprint density at radius 3 is 2.50 bits per heavy atom. The molecule has 0 saturated carbocycles. The summed E-state index contributed by atoms with van der Waals surface area (Å²) in [7, 11) is 0. The van der Waals surface area contributed by atoms with Gasteiger partial charge in [0, 0.05) is 49.8 Å². The lowest BCUT2D eigenvalue weighted by Gasteiger charge is -2.32. The summed E-state index contributed by atoms with van der Waals surface area (Å²) in [5.41, 5.74) is 0.880. The molecule has 0 unspecified atom stereocenters. The molecule has 0 radical (unpaired) electrons. The van der Waals surface area contributed by atoms with Gasteiger partial charge in [-0.1, -0.05) is 0 Å². The molecule has 1 aliphatic rings. The molecule has 2 heterocycles. The Bertz CT molecular complexity index is 1030. The van der Waals surface area contributed by atoms with Crippen molar-refractivity contribution in [1.29, 1.82) is 0 Å². The number of rotatable bonds is 3. The van der Waals surface area contributed by atoms with Crippen LogP contribution < -0.4 is 0 Å². The first-order valence-electron chi connectivity index (χ1n) is 11.8. The molecule has 3 N–H and O–H groups in total. The minimum Gasteiger partial charge on any atom is -0.388 e. The lowest BCUT2D eigenvalue weighted by Crippen LogP contribution is -2.49. The molecule has 0 bridgehead atoms. The largest absolute Gasteiger partial charge is 0.388 e. The number of hydrogen-bond donors (Lipinski definition) is 3. The summed E-state index contributed by atoms with van der Waals surface area (Å²) in [5.74, 6) is -1.25. The van der Waals surface area contributed by atoms with Crippen molar-refractivity contribution in [2.45, 2.75) is 38.1 Å². The van der Waals surface area contributed by atoms with Gasteiger partial charge in [-0.3, -0.25) is 9.59 Å². The van der Waals surface area contributed by atoms with Crippen molar-refractivity contribution >= 4 is 29.2 Å². The summed E-state index contributed by atoms with van der Waals surface area (Å²) >= 11 is 1.48. The number of benzene rings is 1. The molecule has 1 aliphatic heterocycles. The van der Waals surface area contributed by atoms with Crippen LogP contribution in [0.3, 0.4) is 0 Å². The highest BCUT2D eigenvalue weighted by Crippen LogP contribution is 2.13. The van der Waals surface area contributed by atoms with E-state index in [0.29, 0.717) is 31.7 Å². The van der Waals surface area contributed by atoms with E-state index >= 15 is 0 Å². The zero-order valence-electron chi connectivity index (χ0n) is 20.1. The molecule has 2 amide bonds. The number of amides is 2. The quantitative estimate of drug-likeness (QED) is 0.523. The Morgan fingerprint density at radius 2 is 1.81 bits per heavy atom. The number of aliphatic hydroxyl groups is 3. The van der Waals surface area contributed by atoms with Crippen LogP contribution >= 0.6 is 11.3 Å². The molecule has 1 saturated heterocycles. The van der Waals surface area contributed by atoms with Gasteiger partial charge in [0.1, 0.15) is 24.1 Å². The Kier molecular flexibility index (Phi) is 10.5. The standard InChI is InChI=1S/C25H32FN3O6S/c1-17-27-20(16-36-17)8-9-23(32)28-10-2-3-13-35-15-22(31)24(33)21(30)14-29(12-11-28)25(34)18-4-6-19(26)7-5-18/h4-9,16,21-22,24,30-31,33H,2-3,10-15H2,1H3/b9-8+/t21-,22+,24+/m0/s1. The van der Waals surface area contributed by atoms with Gasteiger partial charge in [-0.15, -0.1) is 11.3 Å². The summed E-state index contributed by atoms with van der Waals surface area (Å²) in [6.07, 6.45) is -0.0153. The van der Waals surface area contributed by atoms with E-state index in [-0.39, 0.29) is 37.7 Å². The maximum atomic E-state index is 13.4. The predicted molar refractivity (Wildman–Crippen MR) is 133 cm³/mol. The molecule has 36 heavy (non-hydrogen) atoms. The van der Waals surface area contributed by atoms with Crippen molar-refractivity contribution < 1.29 is 34.0 Å². The Labute approximate surface area is 213 Å². The second-order valence-corrected chi connectivity index (χ2v) is 9.68. The molecular weight excluding hydrogens is 489 g/mol. The number of carbonyl (C=O) groups excluding carboxylic acids is 2. The molecule has 9 nitrogen and oxygen atoms in total. The minimum atomic E-state index is -1.54. The van der Waals surface area contributed by atoms with Crippen LogP contribution in [0.1, 0.15) is 33.9 Å². The molecule has 196 valence electrons. The van der Waals surface area contributed by atoms with Crippen LogP contribution in [0.5, 0.6) is 0 Å². The monoisotopic (exact) mass is 521 g/mol. The number of carbonyl (C=O) groups is 2. The van der Waals surface area contributed by atoms with Gasteiger partial charge < -0.3 is 29.9 Å². The first kappa shape index (κ1) is 27.9. The van der Waals surface area contributed by atoms with Crippen molar-refractivity contribution in [2.75, 3.05) is 39.4 Å². The number of aryl methyl sites for hydroxylation is 1. The summed E-state index contributed by atoms with van der Waals surface area (Å²) < 4.78 is 18.8. The molecule has 2 aromatic rings. The first-order chi connectivity index (χ1) is 17.2. The summed E-state index contributed by atoms with van der Waals surface area (Å²) in [6, 6.07) is 4.97. The summed E-state index contributed by atoms with van der Waals surface area (Å²) in [6.45, 7) is 2.36. The Morgan fingerprint density at radius 1 is 1.08 bits per heavy atom. The van der Waals surface area contributed by atoms with Crippen LogP contribution in [0.4, 0.5) is 4.39 Å². The number of hydrogen-bond acceptors (Lipinski definition) is 8. The van der Waals surface area contributed by atoms with Gasteiger partial charge in [-0.2, -0.15) is 0 Å². The van der Waals surface area contributed by atoms with Crippen LogP contribution in [0.15, 0.2) is 35.7 Å². The Balaban J connectivity index is 1.79. The number of aliphatic hydroxyl groups excluding tert-OH is 3. The van der Waals surface area contributed by atoms with E-state index in [1.165, 1.54) is 34.4 Å². The minimum absolute atomic E-state index is 0.0575. The number of aromatic nitrogens is 1. The van der Waals surface area contributed by atoms with E-state index < -0.39 is 30.0 Å². The number of halogens is 1. The number of ether oxygens (including phenoxy) is 1. The van der Waals surface area contributed by atoms with E-state index in [9.17, 15) is 29.3 Å². The molecule has 0 aliphatic carbocycles. The summed E-state index contributed by atoms with van der Waals surface area (Å²) in [5, 5.41) is 33.8. The molecule has 1 aromatic heterocycles. The second kappa shape index (κ2) is 13.6. The number of thiazole rings is 1. The third-order valence-electron chi connectivity index (χ3n) is 5.81. The van der Waals surface area contributed by atoms with Crippen molar-refractivity contribution in [3.05, 3.63) is 57.8 Å². The van der Waals surface area contributed by atoms with Crippen LogP contribution in [0.25, 0.3) is 6.08 Å². The van der Waals surface area contributed by atoms with E-state index in [2.05, 4.69) is 4.98 Å². The lowest BCUT2D eigenvalue weighted by molar-refractivity contribution is -0.126. The van der Waals surface area contributed by atoms with Crippen LogP contribution in [0.2, 0.25) is 0 Å². The topological polar surface area (TPSA) is 123 Å². The first-order valence-corrected chi connectivity index (χ1v) is 12.7. The molecule has 1 aromatic carbocycles. The average Bonchev–Trinajstić information content (AvgIpc) is 3.29. The van der Waals surface area contributed by atoms with Gasteiger partial charge in [0.15, 0.2) is 0 Å². The Hall–Kier alpha value is -2.70. The molecule has 3 atom stereocenters. The lowest BCUT2D eigenvalue weighted by atomic mass is 10.1. The number of β-amino-alcohol motifs (C(OH)–C–C–N with tert-alkyl or cyclic N) is 1. The third-order valence-corrected chi connectivity index (χ3v) is 6.61. The number of nitrogens with zero attached hydrogens (tertiary/aromatic N) is 3. The molecule has 0 spiro atoms. The zero-order chi connectivity index (χ0) is 26.1. The molecular formula is C25H32FN3O6S. The van der Waals surface area contributed by atoms with Gasteiger partial charge in [0.2, 0.25) is 5.91 Å². The fourth-order valence-electron chi connectivity index (χ4n) is 3.74. The molecule has 3 rings (SSSR count). The van der Waals surface area contributed by atoms with E-state index in [1.54, 1.807) is 11.0 Å². The maximum Gasteiger partial charge on any atom is 0.254 e. The predicted octanol–water partition coefficient (Wildman–Crippen LogP) is 1.47. The SMILES string of the molecule is Cc1nc(/C=C/C(=O)N2CCCCOC[C@@H](O)[C@H](O)[C@@H](O)CN(C(=O)c3ccc(F)cc3)CC2)cs1. The van der Waals surface area contributed by atoms with Crippen molar-refractivity contribution in [1.82, 2.24) is 14.8 Å². The van der Waals surface area contributed by atoms with E-state index in [4.69, 9.17) is 4.74 Å². The van der Waals surface area contributed by atoms with Crippen LogP contribution in [0, 0.1) is 12.7 Å². The maximum absolute atomic E-state index is 13.4. The fourth-order valence-corrected chi connectivity index (χ4v) is 4.32. The van der Waals surface area contributed by atoms with Crippen molar-refractivity contribution in [3.63, 3.8) is 0 Å². The molecule has 1 fully saturated rings. The fraction of sp³-hybridized carbons (Fsp3) is 0.480. The normalized spacial score (nSPS) is 23.0. The third kappa shape index (κ3) is 8.17. The van der Waals surface area contributed by atoms with Crippen LogP contribution in [-0.4, -0.2) is 99.6 Å². The van der Waals surface area contributed by atoms with Crippen LogP contribution in [-0.2, 0) is 9.53 Å². The van der Waals surface area contributed by atoms with Gasteiger partial charge >= 0.3 is 0 Å². The zero-order valence-corrected chi connectivity index (χ0v) is 20.9.